The Morgan fingerprint density at radius 2 is 1.91 bits per heavy atom. The van der Waals surface area contributed by atoms with Crippen molar-refractivity contribution in [1.29, 1.82) is 0 Å². The Hall–Kier alpha value is -1.97. The van der Waals surface area contributed by atoms with Crippen molar-refractivity contribution in [3.05, 3.63) is 29.8 Å². The second kappa shape index (κ2) is 6.03. The number of hydrogen-bond acceptors (Lipinski definition) is 3. The quantitative estimate of drug-likeness (QED) is 0.933. The minimum atomic E-state index is 0.590. The molecule has 1 saturated carbocycles. The molecule has 118 valence electrons. The largest absolute Gasteiger partial charge is 0.496 e. The lowest BCUT2D eigenvalue weighted by atomic mass is 9.79. The average Bonchev–Trinajstić information content (AvgIpc) is 2.87. The van der Waals surface area contributed by atoms with E-state index < -0.39 is 0 Å². The average molecular weight is 299 g/mol. The van der Waals surface area contributed by atoms with Crippen molar-refractivity contribution in [3.63, 3.8) is 0 Å². The molecule has 0 aliphatic heterocycles. The van der Waals surface area contributed by atoms with Gasteiger partial charge in [0.15, 0.2) is 0 Å². The molecule has 0 saturated heterocycles. The third kappa shape index (κ3) is 2.82. The van der Waals surface area contributed by atoms with Gasteiger partial charge in [-0.2, -0.15) is 5.10 Å². The maximum absolute atomic E-state index is 5.91. The Balaban J connectivity index is 1.95. The van der Waals surface area contributed by atoms with Crippen molar-refractivity contribution in [1.82, 2.24) is 9.78 Å². The number of nitrogen functional groups attached to an aromatic ring is 1. The molecule has 1 aliphatic rings. The molecule has 4 nitrogen and oxygen atoms in total. The highest BCUT2D eigenvalue weighted by Gasteiger charge is 2.23. The zero-order chi connectivity index (χ0) is 15.7. The van der Waals surface area contributed by atoms with Crippen LogP contribution in [-0.4, -0.2) is 16.9 Å². The number of nitrogens with zero attached hydrogens (tertiary/aromatic N) is 2. The van der Waals surface area contributed by atoms with Crippen molar-refractivity contribution >= 4 is 5.82 Å². The summed E-state index contributed by atoms with van der Waals surface area (Å²) in [5.74, 6) is 3.11. The lowest BCUT2D eigenvalue weighted by molar-refractivity contribution is 0.336. The number of hydrogen-bond donors (Lipinski definition) is 1. The van der Waals surface area contributed by atoms with E-state index in [1.807, 2.05) is 13.1 Å². The smallest absolute Gasteiger partial charge is 0.122 e. The van der Waals surface area contributed by atoms with Gasteiger partial charge in [0.25, 0.3) is 0 Å². The predicted octanol–water partition coefficient (Wildman–Crippen LogP) is 3.97. The molecular formula is C18H25N3O. The monoisotopic (exact) mass is 299 g/mol. The summed E-state index contributed by atoms with van der Waals surface area (Å²) < 4.78 is 7.30. The van der Waals surface area contributed by atoms with E-state index in [1.165, 1.54) is 31.2 Å². The van der Waals surface area contributed by atoms with E-state index in [9.17, 15) is 0 Å². The number of nitrogens with two attached hydrogens (primary N) is 1. The van der Waals surface area contributed by atoms with Gasteiger partial charge < -0.3 is 10.5 Å². The van der Waals surface area contributed by atoms with E-state index in [0.717, 1.165) is 22.9 Å². The van der Waals surface area contributed by atoms with Crippen LogP contribution in [-0.2, 0) is 7.05 Å². The van der Waals surface area contributed by atoms with E-state index in [-0.39, 0.29) is 0 Å². The Kier molecular flexibility index (Phi) is 4.10. The summed E-state index contributed by atoms with van der Waals surface area (Å²) in [6.07, 6.45) is 5.08. The number of aryl methyl sites for hydroxylation is 1. The Morgan fingerprint density at radius 1 is 1.18 bits per heavy atom. The molecule has 0 bridgehead atoms. The van der Waals surface area contributed by atoms with Crippen LogP contribution in [0.2, 0.25) is 0 Å². The minimum absolute atomic E-state index is 0.590. The third-order valence-electron chi connectivity index (χ3n) is 4.90. The first-order valence-electron chi connectivity index (χ1n) is 8.06. The van der Waals surface area contributed by atoms with E-state index >= 15 is 0 Å². The summed E-state index contributed by atoms with van der Waals surface area (Å²) in [4.78, 5) is 0. The molecule has 1 aromatic carbocycles. The highest BCUT2D eigenvalue weighted by atomic mass is 16.5. The van der Waals surface area contributed by atoms with Gasteiger partial charge in [-0.1, -0.05) is 19.8 Å². The first kappa shape index (κ1) is 14.9. The summed E-state index contributed by atoms with van der Waals surface area (Å²) in [7, 11) is 3.62. The zero-order valence-corrected chi connectivity index (χ0v) is 13.7. The lowest BCUT2D eigenvalue weighted by Gasteiger charge is -2.27. The van der Waals surface area contributed by atoms with E-state index in [1.54, 1.807) is 11.8 Å². The molecule has 22 heavy (non-hydrogen) atoms. The molecule has 0 amide bonds. The first-order chi connectivity index (χ1) is 10.6. The molecule has 0 radical (unpaired) electrons. The molecule has 3 rings (SSSR count). The van der Waals surface area contributed by atoms with Gasteiger partial charge in [0.1, 0.15) is 11.6 Å². The van der Waals surface area contributed by atoms with E-state index in [2.05, 4.69) is 30.2 Å². The number of methoxy groups -OCH3 is 1. The van der Waals surface area contributed by atoms with Crippen molar-refractivity contribution in [2.75, 3.05) is 12.8 Å². The fraction of sp³-hybridized carbons (Fsp3) is 0.500. The topological polar surface area (TPSA) is 53.1 Å². The SMILES string of the molecule is COc1ccc(-c2cc(N)n(C)n2)cc1C1CCC(C)CC1. The maximum atomic E-state index is 5.91. The molecule has 1 heterocycles. The van der Waals surface area contributed by atoms with Crippen LogP contribution in [0.3, 0.4) is 0 Å². The minimum Gasteiger partial charge on any atom is -0.496 e. The predicted molar refractivity (Wildman–Crippen MR) is 90.0 cm³/mol. The number of anilines is 1. The standard InChI is InChI=1S/C18H25N3O/c1-12-4-6-13(7-5-12)15-10-14(8-9-17(15)22-3)16-11-18(19)21(2)20-16/h8-13H,4-7,19H2,1-3H3. The van der Waals surface area contributed by atoms with Crippen LogP contribution in [0.15, 0.2) is 24.3 Å². The van der Waals surface area contributed by atoms with Gasteiger partial charge in [-0.25, -0.2) is 0 Å². The molecule has 2 N–H and O–H groups in total. The summed E-state index contributed by atoms with van der Waals surface area (Å²) in [5.41, 5.74) is 9.26. The van der Waals surface area contributed by atoms with E-state index in [0.29, 0.717) is 11.7 Å². The zero-order valence-electron chi connectivity index (χ0n) is 13.7. The van der Waals surface area contributed by atoms with Gasteiger partial charge in [-0.15, -0.1) is 0 Å². The van der Waals surface area contributed by atoms with Gasteiger partial charge in [-0.3, -0.25) is 4.68 Å². The molecule has 1 aliphatic carbocycles. The fourth-order valence-corrected chi connectivity index (χ4v) is 3.41. The van der Waals surface area contributed by atoms with Crippen molar-refractivity contribution < 1.29 is 4.74 Å². The fourth-order valence-electron chi connectivity index (χ4n) is 3.41. The van der Waals surface area contributed by atoms with Crippen LogP contribution in [0, 0.1) is 5.92 Å². The number of rotatable bonds is 3. The molecule has 0 atom stereocenters. The highest BCUT2D eigenvalue weighted by molar-refractivity contribution is 5.65. The molecule has 2 aromatic rings. The van der Waals surface area contributed by atoms with E-state index in [4.69, 9.17) is 10.5 Å². The molecule has 4 heteroatoms. The molecule has 0 spiro atoms. The number of aromatic nitrogens is 2. The van der Waals surface area contributed by atoms with Crippen molar-refractivity contribution in [2.24, 2.45) is 13.0 Å². The highest BCUT2D eigenvalue weighted by Crippen LogP contribution is 2.40. The second-order valence-electron chi connectivity index (χ2n) is 6.49. The molecular weight excluding hydrogens is 274 g/mol. The summed E-state index contributed by atoms with van der Waals surface area (Å²) in [6.45, 7) is 2.35. The third-order valence-corrected chi connectivity index (χ3v) is 4.90. The van der Waals surface area contributed by atoms with Gasteiger partial charge >= 0.3 is 0 Å². The van der Waals surface area contributed by atoms with Gasteiger partial charge in [0.2, 0.25) is 0 Å². The molecule has 1 fully saturated rings. The molecule has 0 unspecified atom stereocenters. The van der Waals surface area contributed by atoms with Crippen LogP contribution in [0.1, 0.15) is 44.1 Å². The maximum Gasteiger partial charge on any atom is 0.122 e. The Morgan fingerprint density at radius 3 is 2.50 bits per heavy atom. The summed E-state index contributed by atoms with van der Waals surface area (Å²) in [5, 5.41) is 4.49. The normalized spacial score (nSPS) is 21.8. The van der Waals surface area contributed by atoms with Gasteiger partial charge in [0.05, 0.1) is 12.8 Å². The second-order valence-corrected chi connectivity index (χ2v) is 6.49. The van der Waals surface area contributed by atoms with Crippen LogP contribution in [0.4, 0.5) is 5.82 Å². The van der Waals surface area contributed by atoms with Crippen LogP contribution in [0.25, 0.3) is 11.3 Å². The number of ether oxygens (including phenoxy) is 1. The van der Waals surface area contributed by atoms with Crippen molar-refractivity contribution in [3.8, 4) is 17.0 Å². The lowest BCUT2D eigenvalue weighted by Crippen LogP contribution is -2.11. The van der Waals surface area contributed by atoms with Gasteiger partial charge in [0, 0.05) is 18.7 Å². The number of benzene rings is 1. The van der Waals surface area contributed by atoms with Crippen LogP contribution in [0.5, 0.6) is 5.75 Å². The van der Waals surface area contributed by atoms with Crippen molar-refractivity contribution in [2.45, 2.75) is 38.5 Å². The van der Waals surface area contributed by atoms with Crippen LogP contribution < -0.4 is 10.5 Å². The Labute approximate surface area is 132 Å². The summed E-state index contributed by atoms with van der Waals surface area (Å²) >= 11 is 0. The Bertz CT molecular complexity index is 635. The van der Waals surface area contributed by atoms with Crippen LogP contribution >= 0.6 is 0 Å². The first-order valence-corrected chi connectivity index (χ1v) is 8.06. The molecule has 1 aromatic heterocycles. The van der Waals surface area contributed by atoms with Gasteiger partial charge in [-0.05, 0) is 48.4 Å². The summed E-state index contributed by atoms with van der Waals surface area (Å²) in [6, 6.07) is 8.29.